The summed E-state index contributed by atoms with van der Waals surface area (Å²) in [6, 6.07) is 16.8. The number of nitrogens with zero attached hydrogens (tertiary/aromatic N) is 9. The maximum Gasteiger partial charge on any atom is 0.329 e. The fourth-order valence-electron chi connectivity index (χ4n) is 9.04. The molecule has 1 amide bonds. The van der Waals surface area contributed by atoms with Crippen LogP contribution in [0.1, 0.15) is 55.5 Å². The number of aliphatic hydroxyl groups is 2. The second-order valence-electron chi connectivity index (χ2n) is 16.3. The molecule has 0 spiro atoms. The number of piperidine rings is 1. The Kier molecular flexibility index (Phi) is 11.5. The zero-order valence-corrected chi connectivity index (χ0v) is 35.5. The Morgan fingerprint density at radius 3 is 2.62 bits per heavy atom. The van der Waals surface area contributed by atoms with Crippen molar-refractivity contribution < 1.29 is 19.7 Å². The third-order valence-electron chi connectivity index (χ3n) is 12.5. The van der Waals surface area contributed by atoms with E-state index in [-0.39, 0.29) is 30.3 Å². The molecule has 2 fully saturated rings. The van der Waals surface area contributed by atoms with E-state index >= 15 is 0 Å². The van der Waals surface area contributed by atoms with Gasteiger partial charge < -0.3 is 30.5 Å². The Balaban J connectivity index is 0.788. The van der Waals surface area contributed by atoms with Crippen LogP contribution >= 0.6 is 0 Å². The lowest BCUT2D eigenvalue weighted by atomic mass is 9.98. The summed E-state index contributed by atoms with van der Waals surface area (Å²) in [6.45, 7) is 11.1. The zero-order chi connectivity index (χ0) is 43.8. The minimum absolute atomic E-state index is 0.241. The number of allylic oxidation sites excluding steroid dienone is 1. The number of aromatic nitrogens is 7. The number of ether oxygens (including phenoxy) is 1. The van der Waals surface area contributed by atoms with Crippen LogP contribution in [0.5, 0.6) is 0 Å². The second kappa shape index (κ2) is 17.3. The third-order valence-corrected chi connectivity index (χ3v) is 12.5. The van der Waals surface area contributed by atoms with Crippen molar-refractivity contribution in [2.45, 2.75) is 63.4 Å². The number of aryl methyl sites for hydroxylation is 2. The summed E-state index contributed by atoms with van der Waals surface area (Å²) in [5.41, 5.74) is 4.38. The summed E-state index contributed by atoms with van der Waals surface area (Å²) >= 11 is 0. The van der Waals surface area contributed by atoms with Gasteiger partial charge >= 0.3 is 5.69 Å². The first-order chi connectivity index (χ1) is 30.6. The van der Waals surface area contributed by atoms with Crippen LogP contribution in [-0.4, -0.2) is 107 Å². The normalized spacial score (nSPS) is 20.1. The first kappa shape index (κ1) is 41.8. The third kappa shape index (κ3) is 7.91. The van der Waals surface area contributed by atoms with Crippen molar-refractivity contribution in [2.75, 3.05) is 56.2 Å². The van der Waals surface area contributed by atoms with Gasteiger partial charge in [0.2, 0.25) is 11.9 Å². The van der Waals surface area contributed by atoms with Gasteiger partial charge in [0.1, 0.15) is 29.9 Å². The van der Waals surface area contributed by atoms with Crippen LogP contribution in [0.4, 0.5) is 17.3 Å². The smallest absolute Gasteiger partial charge is 0.329 e. The first-order valence-electron chi connectivity index (χ1n) is 21.5. The van der Waals surface area contributed by atoms with Crippen molar-refractivity contribution in [2.24, 2.45) is 7.05 Å². The molecule has 17 heteroatoms. The van der Waals surface area contributed by atoms with Crippen LogP contribution in [0.15, 0.2) is 83.0 Å². The van der Waals surface area contributed by atoms with Crippen molar-refractivity contribution in [3.8, 4) is 17.7 Å². The molecule has 4 aromatic heterocycles. The highest BCUT2D eigenvalue weighted by Crippen LogP contribution is 2.38. The fourth-order valence-corrected chi connectivity index (χ4v) is 9.04. The maximum atomic E-state index is 13.5. The molecule has 0 bridgehead atoms. The highest BCUT2D eigenvalue weighted by molar-refractivity contribution is 5.87. The van der Waals surface area contributed by atoms with E-state index in [2.05, 4.69) is 56.0 Å². The highest BCUT2D eigenvalue weighted by Gasteiger charge is 2.37. The molecule has 0 saturated carbocycles. The lowest BCUT2D eigenvalue weighted by Crippen LogP contribution is -2.47. The summed E-state index contributed by atoms with van der Waals surface area (Å²) in [4.78, 5) is 58.3. The number of benzene rings is 2. The Morgan fingerprint density at radius 2 is 1.86 bits per heavy atom. The molecule has 9 rings (SSSR count). The van der Waals surface area contributed by atoms with Gasteiger partial charge in [0.15, 0.2) is 11.5 Å². The number of anilines is 3. The predicted octanol–water partition coefficient (Wildman–Crippen LogP) is 3.06. The van der Waals surface area contributed by atoms with Gasteiger partial charge in [-0.3, -0.25) is 23.6 Å². The molecule has 326 valence electrons. The SMILES string of the molecule is C=CCn1c(=O)c2cnc(Nc3ccc(N4CCN(CCOCC#Cc5cccc6c5n(C)c(=O)n6C5CCC(O)NC5=O)CC4)cc3)nc2n1-c1ccc2c(n1)[C@@](O)(CC)CC2. The summed E-state index contributed by atoms with van der Waals surface area (Å²) in [6.07, 6.45) is 4.95. The fraction of sp³-hybridized carbons (Fsp3) is 0.391. The number of carbonyl (C=O) groups is 1. The van der Waals surface area contributed by atoms with E-state index in [4.69, 9.17) is 14.7 Å². The molecule has 2 aromatic carbocycles. The van der Waals surface area contributed by atoms with E-state index in [0.717, 1.165) is 56.1 Å². The van der Waals surface area contributed by atoms with Gasteiger partial charge in [-0.15, -0.1) is 6.58 Å². The number of piperazine rings is 1. The van der Waals surface area contributed by atoms with Gasteiger partial charge in [0, 0.05) is 57.3 Å². The van der Waals surface area contributed by atoms with Crippen molar-refractivity contribution in [3.05, 3.63) is 111 Å². The second-order valence-corrected chi connectivity index (χ2v) is 16.3. The molecule has 2 unspecified atom stereocenters. The van der Waals surface area contributed by atoms with Crippen LogP contribution in [0.25, 0.3) is 27.9 Å². The molecule has 4 N–H and O–H groups in total. The standard InChI is InChI=1S/C46H51N11O6/c1-4-21-55-43(60)34-29-47-44(51-41(34)57(55)37-17-11-31-19-20-46(62,5-2)40(31)49-37)48-32-12-14-33(15-13-32)54-24-22-53(23-25-54)26-28-63-27-7-9-30-8-6-10-35-39(30)52(3)45(61)56(35)36-16-18-38(58)50-42(36)59/h4,6,8,10-15,17,29,36,38,58,62H,1,5,16,18-28H2,2-3H3,(H,50,59)(H,47,48,51)/t36?,38?,46-/m1/s1. The van der Waals surface area contributed by atoms with Crippen LogP contribution < -0.4 is 26.8 Å². The average molecular weight is 854 g/mol. The van der Waals surface area contributed by atoms with Crippen LogP contribution in [0.3, 0.4) is 0 Å². The molecule has 17 nitrogen and oxygen atoms in total. The molecule has 3 aliphatic rings. The number of pyridine rings is 1. The number of amides is 1. The number of aliphatic hydroxyl groups excluding tert-OH is 1. The Bertz CT molecular complexity index is 2900. The van der Waals surface area contributed by atoms with E-state index in [1.807, 2.05) is 49.4 Å². The van der Waals surface area contributed by atoms with Gasteiger partial charge in [-0.25, -0.2) is 24.1 Å². The number of carbonyl (C=O) groups excluding carboxylic acids is 1. The van der Waals surface area contributed by atoms with E-state index in [1.165, 1.54) is 20.0 Å². The number of para-hydroxylation sites is 1. The van der Waals surface area contributed by atoms with E-state index in [9.17, 15) is 24.6 Å². The van der Waals surface area contributed by atoms with Crippen LogP contribution in [0.2, 0.25) is 0 Å². The molecule has 6 aromatic rings. The number of hydrogen-bond acceptors (Lipinski definition) is 12. The Morgan fingerprint density at radius 1 is 1.05 bits per heavy atom. The largest absolute Gasteiger partial charge is 0.384 e. The van der Waals surface area contributed by atoms with Gasteiger partial charge in [0.25, 0.3) is 5.56 Å². The van der Waals surface area contributed by atoms with Crippen molar-refractivity contribution in [1.29, 1.82) is 0 Å². The molecule has 2 saturated heterocycles. The number of nitrogens with one attached hydrogen (secondary N) is 2. The zero-order valence-electron chi connectivity index (χ0n) is 35.5. The van der Waals surface area contributed by atoms with Crippen LogP contribution in [0, 0.1) is 11.8 Å². The number of fused-ring (bicyclic) bond motifs is 3. The maximum absolute atomic E-state index is 13.5. The van der Waals surface area contributed by atoms with Crippen molar-refractivity contribution in [3.63, 3.8) is 0 Å². The highest BCUT2D eigenvalue weighted by atomic mass is 16.5. The summed E-state index contributed by atoms with van der Waals surface area (Å²) in [7, 11) is 1.68. The Labute approximate surface area is 363 Å². The minimum atomic E-state index is -1.00. The molecule has 0 radical (unpaired) electrons. The minimum Gasteiger partial charge on any atom is -0.384 e. The molecule has 63 heavy (non-hydrogen) atoms. The number of rotatable bonds is 12. The molecule has 1 aliphatic carbocycles. The number of hydrogen-bond donors (Lipinski definition) is 4. The Hall–Kier alpha value is -6.58. The summed E-state index contributed by atoms with van der Waals surface area (Å²) in [5.74, 6) is 6.70. The topological polar surface area (TPSA) is 190 Å². The molecular weight excluding hydrogens is 803 g/mol. The lowest BCUT2D eigenvalue weighted by Gasteiger charge is -2.36. The molecular formula is C46H51N11O6. The average Bonchev–Trinajstić information content (AvgIpc) is 3.87. The van der Waals surface area contributed by atoms with Gasteiger partial charge in [0.05, 0.1) is 35.4 Å². The molecule has 6 heterocycles. The van der Waals surface area contributed by atoms with E-state index in [0.29, 0.717) is 77.4 Å². The molecule has 2 aliphatic heterocycles. The lowest BCUT2D eigenvalue weighted by molar-refractivity contribution is -0.130. The van der Waals surface area contributed by atoms with Crippen molar-refractivity contribution in [1.82, 2.24) is 43.7 Å². The van der Waals surface area contributed by atoms with E-state index < -0.39 is 17.9 Å². The van der Waals surface area contributed by atoms with Crippen molar-refractivity contribution >= 4 is 45.3 Å². The van der Waals surface area contributed by atoms with E-state index in [1.54, 1.807) is 17.8 Å². The molecule has 3 atom stereocenters. The van der Waals surface area contributed by atoms with Gasteiger partial charge in [-0.05, 0) is 80.1 Å². The quantitative estimate of drug-likeness (QED) is 0.0802. The summed E-state index contributed by atoms with van der Waals surface area (Å²) in [5, 5.41) is 27.3. The summed E-state index contributed by atoms with van der Waals surface area (Å²) < 4.78 is 12.1. The van der Waals surface area contributed by atoms with Gasteiger partial charge in [-0.2, -0.15) is 4.98 Å². The number of imidazole rings is 1. The van der Waals surface area contributed by atoms with Gasteiger partial charge in [-0.1, -0.05) is 37.0 Å². The first-order valence-corrected chi connectivity index (χ1v) is 21.5. The predicted molar refractivity (Wildman–Crippen MR) is 239 cm³/mol. The van der Waals surface area contributed by atoms with Crippen LogP contribution in [-0.2, 0) is 35.1 Å². The monoisotopic (exact) mass is 853 g/mol.